The van der Waals surface area contributed by atoms with Gasteiger partial charge in [0.2, 0.25) is 17.7 Å². The number of aryl methyl sites for hydroxylation is 1. The van der Waals surface area contributed by atoms with E-state index in [0.717, 1.165) is 25.7 Å². The summed E-state index contributed by atoms with van der Waals surface area (Å²) in [5, 5.41) is 9.61. The number of amides is 3. The highest BCUT2D eigenvalue weighted by atomic mass is 19.1. The van der Waals surface area contributed by atoms with Crippen molar-refractivity contribution in [3.63, 3.8) is 0 Å². The van der Waals surface area contributed by atoms with Crippen LogP contribution in [0.3, 0.4) is 0 Å². The lowest BCUT2D eigenvalue weighted by Gasteiger charge is -2.30. The fourth-order valence-electron chi connectivity index (χ4n) is 6.15. The first kappa shape index (κ1) is 22.9. The number of hydrogen-bond acceptors (Lipinski definition) is 6. The molecule has 1 aliphatic carbocycles. The number of aromatic nitrogens is 1. The molecular formula is C26H27FN4O5. The number of carbonyl (C=O) groups excluding carboxylic acids is 3. The number of halogens is 1. The van der Waals surface area contributed by atoms with Crippen LogP contribution in [0.25, 0.3) is 0 Å². The van der Waals surface area contributed by atoms with E-state index in [1.54, 1.807) is 19.1 Å². The number of carbonyl (C=O) groups is 3. The summed E-state index contributed by atoms with van der Waals surface area (Å²) in [6.07, 6.45) is 6.95. The molecule has 2 saturated heterocycles. The van der Waals surface area contributed by atoms with E-state index >= 15 is 0 Å². The van der Waals surface area contributed by atoms with Crippen LogP contribution in [-0.2, 0) is 19.1 Å². The van der Waals surface area contributed by atoms with Gasteiger partial charge in [-0.15, -0.1) is 0 Å². The van der Waals surface area contributed by atoms with Gasteiger partial charge in [-0.1, -0.05) is 42.3 Å². The molecule has 5 atom stereocenters. The maximum absolute atomic E-state index is 13.9. The van der Waals surface area contributed by atoms with Crippen molar-refractivity contribution in [2.45, 2.75) is 56.4 Å². The van der Waals surface area contributed by atoms with Crippen LogP contribution < -0.4 is 10.6 Å². The summed E-state index contributed by atoms with van der Waals surface area (Å²) in [5.74, 6) is -2.23. The van der Waals surface area contributed by atoms with Gasteiger partial charge in [0, 0.05) is 12.1 Å². The second kappa shape index (κ2) is 8.55. The lowest BCUT2D eigenvalue weighted by Crippen LogP contribution is -2.46. The van der Waals surface area contributed by atoms with E-state index in [1.165, 1.54) is 29.2 Å². The lowest BCUT2D eigenvalue weighted by molar-refractivity contribution is -0.142. The van der Waals surface area contributed by atoms with E-state index in [9.17, 15) is 18.8 Å². The zero-order chi connectivity index (χ0) is 25.0. The van der Waals surface area contributed by atoms with Gasteiger partial charge in [-0.3, -0.25) is 14.4 Å². The molecule has 2 bridgehead atoms. The number of nitrogens with zero attached hydrogens (tertiary/aromatic N) is 2. The van der Waals surface area contributed by atoms with E-state index in [-0.39, 0.29) is 30.2 Å². The maximum atomic E-state index is 13.9. The summed E-state index contributed by atoms with van der Waals surface area (Å²) < 4.78 is 24.9. The Labute approximate surface area is 207 Å². The van der Waals surface area contributed by atoms with Crippen molar-refractivity contribution in [2.75, 3.05) is 11.9 Å². The van der Waals surface area contributed by atoms with Gasteiger partial charge in [0.15, 0.2) is 5.82 Å². The molecule has 3 amide bonds. The van der Waals surface area contributed by atoms with Gasteiger partial charge in [0.1, 0.15) is 23.2 Å². The lowest BCUT2D eigenvalue weighted by atomic mass is 9.77. The van der Waals surface area contributed by atoms with Gasteiger partial charge in [-0.05, 0) is 37.5 Å². The quantitative estimate of drug-likeness (QED) is 0.597. The molecule has 188 valence electrons. The number of benzene rings is 1. The summed E-state index contributed by atoms with van der Waals surface area (Å²) in [5.41, 5.74) is -0.496. The van der Waals surface area contributed by atoms with Gasteiger partial charge in [-0.2, -0.15) is 0 Å². The highest BCUT2D eigenvalue weighted by Gasteiger charge is 2.68. The number of likely N-dealkylation sites (tertiary alicyclic amines) is 1. The van der Waals surface area contributed by atoms with Gasteiger partial charge in [0.05, 0.1) is 24.5 Å². The molecule has 1 spiro atoms. The molecule has 3 fully saturated rings. The second-order valence-electron chi connectivity index (χ2n) is 10.1. The molecule has 2 aromatic rings. The summed E-state index contributed by atoms with van der Waals surface area (Å²) in [4.78, 5) is 42.2. The van der Waals surface area contributed by atoms with Crippen molar-refractivity contribution in [3.8, 4) is 0 Å². The first-order chi connectivity index (χ1) is 17.3. The number of rotatable bonds is 6. The van der Waals surface area contributed by atoms with Crippen LogP contribution in [-0.4, -0.2) is 52.1 Å². The molecule has 1 saturated carbocycles. The predicted octanol–water partition coefficient (Wildman–Crippen LogP) is 2.64. The molecular weight excluding hydrogens is 467 g/mol. The Kier molecular flexibility index (Phi) is 5.44. The predicted molar refractivity (Wildman–Crippen MR) is 125 cm³/mol. The van der Waals surface area contributed by atoms with Gasteiger partial charge in [-0.25, -0.2) is 4.39 Å². The third kappa shape index (κ3) is 3.71. The summed E-state index contributed by atoms with van der Waals surface area (Å²) in [7, 11) is 0. The van der Waals surface area contributed by atoms with Crippen LogP contribution in [0.1, 0.15) is 43.0 Å². The maximum Gasteiger partial charge on any atom is 0.247 e. The van der Waals surface area contributed by atoms with Crippen LogP contribution in [0, 0.1) is 24.6 Å². The summed E-state index contributed by atoms with van der Waals surface area (Å²) >= 11 is 0. The van der Waals surface area contributed by atoms with Gasteiger partial charge < -0.3 is 24.8 Å². The highest BCUT2D eigenvalue weighted by molar-refractivity contribution is 6.00. The monoisotopic (exact) mass is 494 g/mol. The van der Waals surface area contributed by atoms with Crippen LogP contribution >= 0.6 is 0 Å². The average Bonchev–Trinajstić information content (AvgIpc) is 3.66. The minimum absolute atomic E-state index is 0.0484. The van der Waals surface area contributed by atoms with Crippen molar-refractivity contribution >= 4 is 23.5 Å². The molecule has 4 heterocycles. The molecule has 0 unspecified atom stereocenters. The fourth-order valence-corrected chi connectivity index (χ4v) is 6.15. The smallest absolute Gasteiger partial charge is 0.247 e. The third-order valence-electron chi connectivity index (χ3n) is 7.76. The Bertz CT molecular complexity index is 1240. The minimum atomic E-state index is -1.00. The number of anilines is 1. The first-order valence-corrected chi connectivity index (χ1v) is 12.3. The summed E-state index contributed by atoms with van der Waals surface area (Å²) in [6.45, 7) is 1.84. The van der Waals surface area contributed by atoms with E-state index in [2.05, 4.69) is 15.8 Å². The third-order valence-corrected chi connectivity index (χ3v) is 7.76. The largest absolute Gasteiger partial charge is 0.360 e. The highest BCUT2D eigenvalue weighted by Crippen LogP contribution is 2.53. The number of hydrogen-bond donors (Lipinski definition) is 2. The van der Waals surface area contributed by atoms with Gasteiger partial charge in [0.25, 0.3) is 0 Å². The van der Waals surface area contributed by atoms with Crippen molar-refractivity contribution in [2.24, 2.45) is 11.8 Å². The molecule has 0 radical (unpaired) electrons. The minimum Gasteiger partial charge on any atom is -0.360 e. The second-order valence-corrected chi connectivity index (χ2v) is 10.1. The Hall–Kier alpha value is -3.53. The molecule has 4 aliphatic rings. The number of ether oxygens (including phenoxy) is 1. The fraction of sp³-hybridized carbons (Fsp3) is 0.462. The van der Waals surface area contributed by atoms with E-state index in [0.29, 0.717) is 11.3 Å². The topological polar surface area (TPSA) is 114 Å². The standard InChI is InChI=1S/C26H27FN4O5/c1-14-12-19(30-36-14)29-23(32)20-18-10-11-26(35-18)13-31(25(34)21(20)26)22(15-6-8-16(27)9-7-15)24(33)28-17-4-2-3-5-17/h6-12,17-18,20-22H,2-5,13H2,1H3,(H,28,33)(H,29,30,32)/t18-,20+,21-,22-,26+/m0/s1. The van der Waals surface area contributed by atoms with Crippen molar-refractivity contribution in [3.05, 3.63) is 59.6 Å². The van der Waals surface area contributed by atoms with E-state index in [1.807, 2.05) is 6.08 Å². The Morgan fingerprint density at radius 2 is 1.97 bits per heavy atom. The van der Waals surface area contributed by atoms with Crippen molar-refractivity contribution in [1.29, 1.82) is 0 Å². The van der Waals surface area contributed by atoms with Gasteiger partial charge >= 0.3 is 0 Å². The molecule has 10 heteroatoms. The van der Waals surface area contributed by atoms with E-state index < -0.39 is 41.3 Å². The molecule has 6 rings (SSSR count). The molecule has 9 nitrogen and oxygen atoms in total. The molecule has 3 aliphatic heterocycles. The zero-order valence-electron chi connectivity index (χ0n) is 19.8. The summed E-state index contributed by atoms with van der Waals surface area (Å²) in [6, 6.07) is 6.30. The number of nitrogens with one attached hydrogen (secondary N) is 2. The van der Waals surface area contributed by atoms with Crippen LogP contribution in [0.15, 0.2) is 47.0 Å². The van der Waals surface area contributed by atoms with Crippen LogP contribution in [0.4, 0.5) is 10.2 Å². The normalized spacial score (nSPS) is 29.6. The molecule has 2 N–H and O–H groups in total. The Morgan fingerprint density at radius 1 is 1.22 bits per heavy atom. The van der Waals surface area contributed by atoms with Crippen molar-refractivity contribution < 1.29 is 28.0 Å². The van der Waals surface area contributed by atoms with Crippen LogP contribution in [0.2, 0.25) is 0 Å². The zero-order valence-corrected chi connectivity index (χ0v) is 19.8. The first-order valence-electron chi connectivity index (χ1n) is 12.3. The molecule has 1 aromatic carbocycles. The van der Waals surface area contributed by atoms with Crippen molar-refractivity contribution in [1.82, 2.24) is 15.4 Å². The SMILES string of the molecule is Cc1cc(NC(=O)[C@@H]2[C@@H]3C=C[C@]4(CN([C@H](C(=O)NC5CCCC5)c5ccc(F)cc5)C(=O)[C@H]24)O3)no1. The molecule has 36 heavy (non-hydrogen) atoms. The van der Waals surface area contributed by atoms with Crippen LogP contribution in [0.5, 0.6) is 0 Å². The van der Waals surface area contributed by atoms with E-state index in [4.69, 9.17) is 9.26 Å². The Morgan fingerprint density at radius 3 is 2.67 bits per heavy atom. The number of fused-ring (bicyclic) bond motifs is 1. The molecule has 1 aromatic heterocycles. The average molecular weight is 495 g/mol. The Balaban J connectivity index is 1.30.